The largest absolute Gasteiger partial charge is 0.334 e. The molecule has 1 atom stereocenters. The average Bonchev–Trinajstić information content (AvgIpc) is 2.95. The van der Waals surface area contributed by atoms with Crippen molar-refractivity contribution < 1.29 is 0 Å². The van der Waals surface area contributed by atoms with E-state index in [1.54, 1.807) is 0 Å². The summed E-state index contributed by atoms with van der Waals surface area (Å²) in [7, 11) is 0. The highest BCUT2D eigenvalue weighted by atomic mass is 15.2. The molecule has 0 saturated carbocycles. The standard InChI is InChI=1S/C17H19N/c1-3-13-10-14-12-15(4-2)18(17(14)11-13)16-8-6-5-7-9-16/h5-12,15H,3-4H2,1-2H3. The van der Waals surface area contributed by atoms with Gasteiger partial charge in [-0.2, -0.15) is 0 Å². The molecule has 1 aliphatic heterocycles. The van der Waals surface area contributed by atoms with Crippen LogP contribution in [0.5, 0.6) is 0 Å². The average molecular weight is 237 g/mol. The van der Waals surface area contributed by atoms with Crippen molar-refractivity contribution in [2.45, 2.75) is 32.7 Å². The van der Waals surface area contributed by atoms with E-state index in [4.69, 9.17) is 0 Å². The van der Waals surface area contributed by atoms with Crippen LogP contribution >= 0.6 is 0 Å². The predicted octanol–water partition coefficient (Wildman–Crippen LogP) is 4.45. The van der Waals surface area contributed by atoms with Crippen LogP contribution in [0.1, 0.15) is 26.7 Å². The second kappa shape index (κ2) is 4.49. The Bertz CT molecular complexity index is 534. The number of hydrogen-bond acceptors (Lipinski definition) is 1. The van der Waals surface area contributed by atoms with Crippen LogP contribution in [-0.2, 0) is 0 Å². The molecular weight excluding hydrogens is 218 g/mol. The Kier molecular flexibility index (Phi) is 2.83. The first kappa shape index (κ1) is 11.3. The van der Waals surface area contributed by atoms with Crippen molar-refractivity contribution in [3.05, 3.63) is 65.4 Å². The molecule has 0 fully saturated rings. The number of benzene rings is 1. The third kappa shape index (κ3) is 1.71. The lowest BCUT2D eigenvalue weighted by Gasteiger charge is -2.27. The summed E-state index contributed by atoms with van der Waals surface area (Å²) in [4.78, 5) is 2.47. The number of hydrogen-bond donors (Lipinski definition) is 0. The predicted molar refractivity (Wildman–Crippen MR) is 77.5 cm³/mol. The van der Waals surface area contributed by atoms with E-state index in [0.717, 1.165) is 12.8 Å². The molecule has 0 aromatic heterocycles. The Labute approximate surface area is 109 Å². The summed E-state index contributed by atoms with van der Waals surface area (Å²) in [5, 5.41) is 0. The maximum Gasteiger partial charge on any atom is 0.0529 e. The maximum absolute atomic E-state index is 2.47. The van der Waals surface area contributed by atoms with Gasteiger partial charge in [-0.3, -0.25) is 0 Å². The summed E-state index contributed by atoms with van der Waals surface area (Å²) in [5.74, 6) is 0. The summed E-state index contributed by atoms with van der Waals surface area (Å²) in [6, 6.07) is 11.2. The molecule has 92 valence electrons. The van der Waals surface area contributed by atoms with E-state index < -0.39 is 0 Å². The first-order chi connectivity index (χ1) is 8.83. The fraction of sp³-hybridized carbons (Fsp3) is 0.294. The molecule has 1 unspecified atom stereocenters. The Morgan fingerprint density at radius 1 is 1.06 bits per heavy atom. The zero-order valence-electron chi connectivity index (χ0n) is 11.1. The van der Waals surface area contributed by atoms with Gasteiger partial charge >= 0.3 is 0 Å². The number of allylic oxidation sites excluding steroid dienone is 3. The summed E-state index contributed by atoms with van der Waals surface area (Å²) in [5.41, 5.74) is 5.52. The summed E-state index contributed by atoms with van der Waals surface area (Å²) >= 11 is 0. The zero-order valence-corrected chi connectivity index (χ0v) is 11.1. The SMILES string of the molecule is CCC1=CC2=CC(CC)N(c3ccccc3)C2=C1. The van der Waals surface area contributed by atoms with E-state index in [1.807, 2.05) is 0 Å². The molecule has 18 heavy (non-hydrogen) atoms. The van der Waals surface area contributed by atoms with Crippen LogP contribution in [0.25, 0.3) is 0 Å². The highest BCUT2D eigenvalue weighted by Crippen LogP contribution is 2.39. The van der Waals surface area contributed by atoms with Crippen LogP contribution in [0.15, 0.2) is 65.4 Å². The van der Waals surface area contributed by atoms with Crippen LogP contribution in [0, 0.1) is 0 Å². The fourth-order valence-electron chi connectivity index (χ4n) is 2.80. The topological polar surface area (TPSA) is 3.24 Å². The minimum atomic E-state index is 0.503. The molecule has 3 rings (SSSR count). The number of para-hydroxylation sites is 1. The van der Waals surface area contributed by atoms with E-state index in [2.05, 4.69) is 67.3 Å². The van der Waals surface area contributed by atoms with Gasteiger partial charge in [-0.15, -0.1) is 0 Å². The van der Waals surface area contributed by atoms with Crippen LogP contribution < -0.4 is 4.90 Å². The van der Waals surface area contributed by atoms with Gasteiger partial charge in [0.25, 0.3) is 0 Å². The molecule has 0 amide bonds. The van der Waals surface area contributed by atoms with Crippen molar-refractivity contribution in [1.29, 1.82) is 0 Å². The Hall–Kier alpha value is -1.76. The van der Waals surface area contributed by atoms with Gasteiger partial charge in [0.05, 0.1) is 6.04 Å². The zero-order chi connectivity index (χ0) is 12.5. The lowest BCUT2D eigenvalue weighted by atomic mass is 10.1. The van der Waals surface area contributed by atoms with Crippen LogP contribution in [0.4, 0.5) is 5.69 Å². The molecule has 1 aliphatic carbocycles. The van der Waals surface area contributed by atoms with E-state index in [1.165, 1.54) is 22.5 Å². The Balaban J connectivity index is 2.01. The summed E-state index contributed by atoms with van der Waals surface area (Å²) in [6.45, 7) is 4.47. The van der Waals surface area contributed by atoms with Crippen LogP contribution in [0.3, 0.4) is 0 Å². The van der Waals surface area contributed by atoms with Gasteiger partial charge in [0.1, 0.15) is 0 Å². The van der Waals surface area contributed by atoms with Crippen molar-refractivity contribution in [3.63, 3.8) is 0 Å². The van der Waals surface area contributed by atoms with Crippen molar-refractivity contribution in [2.75, 3.05) is 4.90 Å². The number of fused-ring (bicyclic) bond motifs is 1. The minimum absolute atomic E-state index is 0.503. The molecule has 0 radical (unpaired) electrons. The second-order valence-electron chi connectivity index (χ2n) is 4.91. The van der Waals surface area contributed by atoms with E-state index in [-0.39, 0.29) is 0 Å². The summed E-state index contributed by atoms with van der Waals surface area (Å²) < 4.78 is 0. The minimum Gasteiger partial charge on any atom is -0.334 e. The molecule has 1 nitrogen and oxygen atoms in total. The van der Waals surface area contributed by atoms with E-state index in [9.17, 15) is 0 Å². The highest BCUT2D eigenvalue weighted by molar-refractivity contribution is 5.70. The normalized spacial score (nSPS) is 21.6. The third-order valence-electron chi connectivity index (χ3n) is 3.78. The van der Waals surface area contributed by atoms with E-state index >= 15 is 0 Å². The van der Waals surface area contributed by atoms with Crippen LogP contribution in [-0.4, -0.2) is 6.04 Å². The first-order valence-electron chi connectivity index (χ1n) is 6.82. The van der Waals surface area contributed by atoms with Gasteiger partial charge in [-0.1, -0.05) is 38.1 Å². The number of anilines is 1. The molecule has 1 heterocycles. The first-order valence-corrected chi connectivity index (χ1v) is 6.82. The molecule has 2 aliphatic rings. The van der Waals surface area contributed by atoms with Crippen LogP contribution in [0.2, 0.25) is 0 Å². The van der Waals surface area contributed by atoms with Crippen molar-refractivity contribution >= 4 is 5.69 Å². The molecule has 1 aromatic rings. The molecule has 0 N–H and O–H groups in total. The Morgan fingerprint density at radius 2 is 1.83 bits per heavy atom. The smallest absolute Gasteiger partial charge is 0.0529 e. The molecule has 0 spiro atoms. The molecule has 0 saturated heterocycles. The number of nitrogens with zero attached hydrogens (tertiary/aromatic N) is 1. The maximum atomic E-state index is 2.47. The molecule has 1 heteroatoms. The fourth-order valence-corrected chi connectivity index (χ4v) is 2.80. The van der Waals surface area contributed by atoms with Gasteiger partial charge < -0.3 is 4.90 Å². The van der Waals surface area contributed by atoms with Gasteiger partial charge in [-0.25, -0.2) is 0 Å². The third-order valence-corrected chi connectivity index (χ3v) is 3.78. The summed E-state index contributed by atoms with van der Waals surface area (Å²) in [6.07, 6.45) is 9.34. The van der Waals surface area contributed by atoms with Crippen molar-refractivity contribution in [3.8, 4) is 0 Å². The molecule has 0 bridgehead atoms. The monoisotopic (exact) mass is 237 g/mol. The number of rotatable bonds is 3. The lowest BCUT2D eigenvalue weighted by molar-refractivity contribution is 0.754. The van der Waals surface area contributed by atoms with Crippen molar-refractivity contribution in [1.82, 2.24) is 0 Å². The van der Waals surface area contributed by atoms with Gasteiger partial charge in [-0.05, 0) is 48.3 Å². The highest BCUT2D eigenvalue weighted by Gasteiger charge is 2.30. The van der Waals surface area contributed by atoms with Gasteiger partial charge in [0.15, 0.2) is 0 Å². The van der Waals surface area contributed by atoms with E-state index in [0.29, 0.717) is 6.04 Å². The molecular formula is C17H19N. The van der Waals surface area contributed by atoms with Gasteiger partial charge in [0.2, 0.25) is 0 Å². The van der Waals surface area contributed by atoms with Gasteiger partial charge in [0, 0.05) is 11.4 Å². The lowest BCUT2D eigenvalue weighted by Crippen LogP contribution is -2.27. The quantitative estimate of drug-likeness (QED) is 0.751. The second-order valence-corrected chi connectivity index (χ2v) is 4.91. The van der Waals surface area contributed by atoms with Crippen molar-refractivity contribution in [2.24, 2.45) is 0 Å². The Morgan fingerprint density at radius 3 is 2.50 bits per heavy atom. The molecule has 1 aromatic carbocycles.